The number of hydrogen-bond donors (Lipinski definition) is 1. The highest BCUT2D eigenvalue weighted by molar-refractivity contribution is 5.99. The van der Waals surface area contributed by atoms with Crippen molar-refractivity contribution in [2.45, 2.75) is 43.9 Å². The molecule has 6 atom stereocenters. The number of ether oxygens (including phenoxy) is 2. The minimum absolute atomic E-state index is 0.183. The van der Waals surface area contributed by atoms with Crippen LogP contribution in [0.5, 0.6) is 5.75 Å². The summed E-state index contributed by atoms with van der Waals surface area (Å²) in [6, 6.07) is 19.8. The molecule has 0 aliphatic carbocycles. The van der Waals surface area contributed by atoms with E-state index in [9.17, 15) is 19.5 Å². The molecule has 1 unspecified atom stereocenters. The molecule has 0 radical (unpaired) electrons. The van der Waals surface area contributed by atoms with Gasteiger partial charge in [0.1, 0.15) is 17.8 Å². The number of hydrogen-bond acceptors (Lipinski definition) is 6. The van der Waals surface area contributed by atoms with E-state index in [1.165, 1.54) is 0 Å². The van der Waals surface area contributed by atoms with Gasteiger partial charge >= 0.3 is 11.9 Å². The number of fused-ring (bicyclic) bond motifs is 3. The van der Waals surface area contributed by atoms with Gasteiger partial charge in [0.15, 0.2) is 5.78 Å². The molecule has 3 aromatic rings. The number of nitrogens with zero attached hydrogens (tertiary/aromatic N) is 1. The third kappa shape index (κ3) is 4.48. The van der Waals surface area contributed by atoms with Gasteiger partial charge in [-0.05, 0) is 55.3 Å². The SMILES string of the molecule is COc1ccc2cc([C@H](C)C(=O)O[C@H]3C(C(=O)c4ccccc4)[C@@H]4CC[C@H]([C@H]3C(=O)O)N4C)ccc2c1. The molecule has 1 N–H and O–H groups in total. The Morgan fingerprint density at radius 1 is 0.919 bits per heavy atom. The average molecular weight is 502 g/mol. The van der Waals surface area contributed by atoms with Gasteiger partial charge in [-0.15, -0.1) is 0 Å². The van der Waals surface area contributed by atoms with Gasteiger partial charge in [0.2, 0.25) is 0 Å². The van der Waals surface area contributed by atoms with Crippen molar-refractivity contribution in [2.75, 3.05) is 14.2 Å². The molecular formula is C30H31NO6. The van der Waals surface area contributed by atoms with Gasteiger partial charge in [-0.25, -0.2) is 0 Å². The topological polar surface area (TPSA) is 93.1 Å². The summed E-state index contributed by atoms with van der Waals surface area (Å²) in [5.74, 6) is -3.39. The summed E-state index contributed by atoms with van der Waals surface area (Å²) >= 11 is 0. The zero-order chi connectivity index (χ0) is 26.3. The van der Waals surface area contributed by atoms with Crippen LogP contribution < -0.4 is 4.74 Å². The van der Waals surface area contributed by atoms with Crippen LogP contribution in [-0.2, 0) is 14.3 Å². The summed E-state index contributed by atoms with van der Waals surface area (Å²) in [6.07, 6.45) is 0.291. The standard InChI is InChI=1S/C30H31NO6/c1-17(19-9-10-21-16-22(36-3)12-11-20(21)15-19)30(35)37-28-25(27(32)18-7-5-4-6-8-18)23-13-14-24(31(23)2)26(28)29(33)34/h4-12,15-17,23-26,28H,13-14H2,1-3H3,(H,33,34)/t17-,23-,24+,25?,26+,28-/m0/s1. The molecule has 0 spiro atoms. The normalized spacial score (nSPS) is 26.0. The number of carbonyl (C=O) groups is 3. The van der Waals surface area contributed by atoms with Crippen LogP contribution in [0.25, 0.3) is 10.8 Å². The molecule has 2 saturated heterocycles. The van der Waals surface area contributed by atoms with Crippen molar-refractivity contribution in [3.8, 4) is 5.75 Å². The lowest BCUT2D eigenvalue weighted by atomic mass is 9.76. The van der Waals surface area contributed by atoms with Gasteiger partial charge in [0, 0.05) is 17.6 Å². The van der Waals surface area contributed by atoms with Gasteiger partial charge in [-0.1, -0.05) is 54.6 Å². The predicted molar refractivity (Wildman–Crippen MR) is 139 cm³/mol. The Kier molecular flexibility index (Phi) is 6.73. The van der Waals surface area contributed by atoms with Crippen LogP contribution in [-0.4, -0.2) is 60.1 Å². The zero-order valence-corrected chi connectivity index (χ0v) is 21.2. The summed E-state index contributed by atoms with van der Waals surface area (Å²) in [7, 11) is 3.48. The lowest BCUT2D eigenvalue weighted by Gasteiger charge is -2.45. The lowest BCUT2D eigenvalue weighted by Crippen LogP contribution is -2.60. The maximum atomic E-state index is 13.7. The van der Waals surface area contributed by atoms with Gasteiger partial charge in [-0.3, -0.25) is 19.3 Å². The summed E-state index contributed by atoms with van der Waals surface area (Å²) in [5.41, 5.74) is 1.26. The molecule has 0 aromatic heterocycles. The fourth-order valence-corrected chi connectivity index (χ4v) is 6.10. The molecule has 7 heteroatoms. The van der Waals surface area contributed by atoms with Gasteiger partial charge in [0.25, 0.3) is 0 Å². The largest absolute Gasteiger partial charge is 0.497 e. The van der Waals surface area contributed by atoms with Crippen LogP contribution in [0, 0.1) is 11.8 Å². The summed E-state index contributed by atoms with van der Waals surface area (Å²) in [6.45, 7) is 1.75. The highest BCUT2D eigenvalue weighted by atomic mass is 16.5. The number of carboxylic acids is 1. The van der Waals surface area contributed by atoms with Crippen molar-refractivity contribution in [2.24, 2.45) is 11.8 Å². The molecule has 37 heavy (non-hydrogen) atoms. The Labute approximate surface area is 216 Å². The number of rotatable bonds is 7. The van der Waals surface area contributed by atoms with E-state index < -0.39 is 35.8 Å². The fraction of sp³-hybridized carbons (Fsp3) is 0.367. The molecule has 0 amide bonds. The second kappa shape index (κ2) is 9.98. The van der Waals surface area contributed by atoms with E-state index in [1.54, 1.807) is 38.3 Å². The number of piperidine rings is 1. The Bertz CT molecular complexity index is 1340. The molecule has 2 aliphatic rings. The van der Waals surface area contributed by atoms with Crippen molar-refractivity contribution >= 4 is 28.5 Å². The molecule has 2 aliphatic heterocycles. The molecule has 192 valence electrons. The van der Waals surface area contributed by atoms with Crippen LogP contribution in [0.15, 0.2) is 66.7 Å². The predicted octanol–water partition coefficient (Wildman–Crippen LogP) is 4.54. The van der Waals surface area contributed by atoms with Crippen molar-refractivity contribution in [3.05, 3.63) is 77.9 Å². The molecule has 7 nitrogen and oxygen atoms in total. The molecular weight excluding hydrogens is 470 g/mol. The van der Waals surface area contributed by atoms with E-state index in [4.69, 9.17) is 9.47 Å². The Hall–Kier alpha value is -3.71. The summed E-state index contributed by atoms with van der Waals surface area (Å²) in [4.78, 5) is 41.7. The Morgan fingerprint density at radius 3 is 2.24 bits per heavy atom. The molecule has 0 saturated carbocycles. The smallest absolute Gasteiger partial charge is 0.313 e. The quantitative estimate of drug-likeness (QED) is 0.375. The first-order valence-corrected chi connectivity index (χ1v) is 12.6. The first-order chi connectivity index (χ1) is 17.8. The number of methoxy groups -OCH3 is 1. The lowest BCUT2D eigenvalue weighted by molar-refractivity contribution is -0.171. The number of esters is 1. The van der Waals surface area contributed by atoms with Crippen LogP contribution in [0.2, 0.25) is 0 Å². The van der Waals surface area contributed by atoms with E-state index >= 15 is 0 Å². The molecule has 2 bridgehead atoms. The van der Waals surface area contributed by atoms with Crippen LogP contribution >= 0.6 is 0 Å². The third-order valence-electron chi connectivity index (χ3n) is 8.16. The highest BCUT2D eigenvalue weighted by Gasteiger charge is 2.58. The van der Waals surface area contributed by atoms with Crippen molar-refractivity contribution in [3.63, 3.8) is 0 Å². The number of benzene rings is 3. The maximum absolute atomic E-state index is 13.7. The number of aliphatic carboxylic acids is 1. The van der Waals surface area contributed by atoms with Crippen LogP contribution in [0.4, 0.5) is 0 Å². The van der Waals surface area contributed by atoms with Gasteiger partial charge in [-0.2, -0.15) is 0 Å². The number of ketones is 1. The van der Waals surface area contributed by atoms with Crippen molar-refractivity contribution in [1.82, 2.24) is 4.90 Å². The number of carbonyl (C=O) groups excluding carboxylic acids is 2. The maximum Gasteiger partial charge on any atom is 0.313 e. The minimum Gasteiger partial charge on any atom is -0.497 e. The molecule has 2 fully saturated rings. The number of Topliss-reactive ketones (excluding diaryl/α,β-unsaturated/α-hetero) is 1. The fourth-order valence-electron chi connectivity index (χ4n) is 6.10. The second-order valence-corrected chi connectivity index (χ2v) is 10.1. The summed E-state index contributed by atoms with van der Waals surface area (Å²) < 4.78 is 11.3. The number of carboxylic acid groups (broad SMARTS) is 1. The first kappa shape index (κ1) is 25.0. The van der Waals surface area contributed by atoms with Crippen molar-refractivity contribution < 1.29 is 29.0 Å². The average Bonchev–Trinajstić information content (AvgIpc) is 3.18. The molecule has 2 heterocycles. The second-order valence-electron chi connectivity index (χ2n) is 10.1. The first-order valence-electron chi connectivity index (χ1n) is 12.6. The Balaban J connectivity index is 1.46. The van der Waals surface area contributed by atoms with Crippen LogP contribution in [0.3, 0.4) is 0 Å². The van der Waals surface area contributed by atoms with E-state index in [0.29, 0.717) is 18.4 Å². The zero-order valence-electron chi connectivity index (χ0n) is 21.2. The van der Waals surface area contributed by atoms with Crippen molar-refractivity contribution in [1.29, 1.82) is 0 Å². The van der Waals surface area contributed by atoms with Gasteiger partial charge in [0.05, 0.1) is 18.9 Å². The minimum atomic E-state index is -1.05. The molecule has 3 aromatic carbocycles. The van der Waals surface area contributed by atoms with E-state index in [1.807, 2.05) is 54.4 Å². The van der Waals surface area contributed by atoms with E-state index in [-0.39, 0.29) is 17.9 Å². The molecule has 5 rings (SSSR count). The van der Waals surface area contributed by atoms with E-state index in [0.717, 1.165) is 22.1 Å². The van der Waals surface area contributed by atoms with Crippen LogP contribution in [0.1, 0.15) is 41.6 Å². The van der Waals surface area contributed by atoms with Gasteiger partial charge < -0.3 is 14.6 Å². The Morgan fingerprint density at radius 2 is 1.57 bits per heavy atom. The third-order valence-corrected chi connectivity index (χ3v) is 8.16. The highest BCUT2D eigenvalue weighted by Crippen LogP contribution is 2.45. The monoisotopic (exact) mass is 501 g/mol. The summed E-state index contributed by atoms with van der Waals surface area (Å²) in [5, 5.41) is 12.1. The van der Waals surface area contributed by atoms with E-state index in [2.05, 4.69) is 0 Å².